The third-order valence-corrected chi connectivity index (χ3v) is 5.10. The highest BCUT2D eigenvalue weighted by atomic mass is 127. The first-order valence-electron chi connectivity index (χ1n) is 9.13. The van der Waals surface area contributed by atoms with Crippen LogP contribution in [-0.2, 0) is 4.74 Å². The fraction of sp³-hybridized carbons (Fsp3) is 0.941. The second-order valence-electron chi connectivity index (χ2n) is 6.88. The number of hydrogen-bond acceptors (Lipinski definition) is 4. The molecule has 2 rings (SSSR count). The van der Waals surface area contributed by atoms with Crippen LogP contribution in [0.15, 0.2) is 4.99 Å². The van der Waals surface area contributed by atoms with Gasteiger partial charge in [0.05, 0.1) is 6.61 Å². The van der Waals surface area contributed by atoms with Gasteiger partial charge in [-0.15, -0.1) is 24.0 Å². The molecule has 0 radical (unpaired) electrons. The molecular formula is C17H35IN4O2. The Hall–Kier alpha value is -0.120. The molecule has 0 bridgehead atoms. The number of guanidine groups is 1. The van der Waals surface area contributed by atoms with Crippen LogP contribution in [0.4, 0.5) is 0 Å². The van der Waals surface area contributed by atoms with Gasteiger partial charge in [-0.25, -0.2) is 0 Å². The summed E-state index contributed by atoms with van der Waals surface area (Å²) in [7, 11) is 1.81. The van der Waals surface area contributed by atoms with Crippen molar-refractivity contribution in [2.24, 2.45) is 10.4 Å². The highest BCUT2D eigenvalue weighted by Gasteiger charge is 2.34. The third-order valence-electron chi connectivity index (χ3n) is 5.10. The topological polar surface area (TPSA) is 69.1 Å². The van der Waals surface area contributed by atoms with Gasteiger partial charge in [-0.05, 0) is 38.8 Å². The Kier molecular flexibility index (Phi) is 11.2. The number of aliphatic hydroxyl groups excluding tert-OH is 1. The summed E-state index contributed by atoms with van der Waals surface area (Å²) in [6.07, 6.45) is 7.20. The standard InChI is InChI=1S/C17H34N4O2.HI/c1-18-16(19-8-11-21-9-4-2-3-5-10-21)20-14-17(6-12-22)7-13-23-15-17;/h22H,2-15H2,1H3,(H2,18,19,20);1H. The molecule has 2 saturated heterocycles. The highest BCUT2D eigenvalue weighted by Crippen LogP contribution is 2.31. The first-order chi connectivity index (χ1) is 11.3. The van der Waals surface area contributed by atoms with E-state index in [1.54, 1.807) is 0 Å². The van der Waals surface area contributed by atoms with Crippen molar-refractivity contribution in [3.8, 4) is 0 Å². The molecule has 0 amide bonds. The molecule has 2 aliphatic heterocycles. The van der Waals surface area contributed by atoms with Gasteiger partial charge in [-0.3, -0.25) is 4.99 Å². The van der Waals surface area contributed by atoms with Crippen LogP contribution < -0.4 is 10.6 Å². The van der Waals surface area contributed by atoms with Gasteiger partial charge in [0.25, 0.3) is 0 Å². The molecule has 0 spiro atoms. The van der Waals surface area contributed by atoms with Gasteiger partial charge >= 0.3 is 0 Å². The van der Waals surface area contributed by atoms with Gasteiger partial charge in [0, 0.05) is 45.3 Å². The Morgan fingerprint density at radius 2 is 1.96 bits per heavy atom. The Labute approximate surface area is 163 Å². The summed E-state index contributed by atoms with van der Waals surface area (Å²) >= 11 is 0. The van der Waals surface area contributed by atoms with Gasteiger partial charge < -0.3 is 25.4 Å². The van der Waals surface area contributed by atoms with E-state index in [-0.39, 0.29) is 36.0 Å². The van der Waals surface area contributed by atoms with Gasteiger partial charge in [0.1, 0.15) is 0 Å². The second kappa shape index (κ2) is 12.3. The van der Waals surface area contributed by atoms with Crippen LogP contribution in [0, 0.1) is 5.41 Å². The summed E-state index contributed by atoms with van der Waals surface area (Å²) in [5.41, 5.74) is 0.0527. The molecule has 2 fully saturated rings. The molecule has 0 aromatic carbocycles. The monoisotopic (exact) mass is 454 g/mol. The molecule has 1 atom stereocenters. The zero-order valence-electron chi connectivity index (χ0n) is 15.1. The molecule has 2 heterocycles. The molecule has 1 unspecified atom stereocenters. The third kappa shape index (κ3) is 7.41. The molecule has 3 N–H and O–H groups in total. The average Bonchev–Trinajstić information content (AvgIpc) is 2.86. The van der Waals surface area contributed by atoms with E-state index in [1.165, 1.54) is 38.8 Å². The van der Waals surface area contributed by atoms with Gasteiger partial charge in [0.15, 0.2) is 5.96 Å². The molecule has 0 saturated carbocycles. The normalized spacial score (nSPS) is 25.8. The maximum absolute atomic E-state index is 9.29. The first kappa shape index (κ1) is 21.9. The molecule has 0 aromatic rings. The zero-order valence-corrected chi connectivity index (χ0v) is 17.4. The number of hydrogen-bond donors (Lipinski definition) is 3. The minimum Gasteiger partial charge on any atom is -0.396 e. The summed E-state index contributed by atoms with van der Waals surface area (Å²) < 4.78 is 5.53. The van der Waals surface area contributed by atoms with Crippen LogP contribution in [0.25, 0.3) is 0 Å². The molecule has 24 heavy (non-hydrogen) atoms. The lowest BCUT2D eigenvalue weighted by atomic mass is 9.84. The number of aliphatic hydroxyl groups is 1. The van der Waals surface area contributed by atoms with Crippen molar-refractivity contribution in [3.63, 3.8) is 0 Å². The molecule has 0 aromatic heterocycles. The van der Waals surface area contributed by atoms with Crippen molar-refractivity contribution in [1.82, 2.24) is 15.5 Å². The lowest BCUT2D eigenvalue weighted by Crippen LogP contribution is -2.46. The van der Waals surface area contributed by atoms with E-state index >= 15 is 0 Å². The van der Waals surface area contributed by atoms with E-state index < -0.39 is 0 Å². The van der Waals surface area contributed by atoms with Gasteiger partial charge in [-0.2, -0.15) is 0 Å². The molecule has 142 valence electrons. The smallest absolute Gasteiger partial charge is 0.191 e. The Morgan fingerprint density at radius 1 is 1.21 bits per heavy atom. The van der Waals surface area contributed by atoms with Crippen LogP contribution in [0.1, 0.15) is 38.5 Å². The second-order valence-corrected chi connectivity index (χ2v) is 6.88. The quantitative estimate of drug-likeness (QED) is 0.309. The van der Waals surface area contributed by atoms with Gasteiger partial charge in [0.2, 0.25) is 0 Å². The van der Waals surface area contributed by atoms with Crippen molar-refractivity contribution < 1.29 is 9.84 Å². The Balaban J connectivity index is 0.00000288. The van der Waals surface area contributed by atoms with Crippen molar-refractivity contribution in [2.45, 2.75) is 38.5 Å². The van der Waals surface area contributed by atoms with Crippen LogP contribution in [0.2, 0.25) is 0 Å². The highest BCUT2D eigenvalue weighted by molar-refractivity contribution is 14.0. The van der Waals surface area contributed by atoms with E-state index in [0.29, 0.717) is 0 Å². The number of likely N-dealkylation sites (tertiary alicyclic amines) is 1. The Bertz CT molecular complexity index is 354. The number of nitrogens with one attached hydrogen (secondary N) is 2. The fourth-order valence-electron chi connectivity index (χ4n) is 3.50. The minimum atomic E-state index is 0. The predicted octanol–water partition coefficient (Wildman–Crippen LogP) is 1.43. The lowest BCUT2D eigenvalue weighted by Gasteiger charge is -2.28. The summed E-state index contributed by atoms with van der Waals surface area (Å²) in [6.45, 7) is 6.99. The van der Waals surface area contributed by atoms with Crippen molar-refractivity contribution in [1.29, 1.82) is 0 Å². The van der Waals surface area contributed by atoms with Crippen molar-refractivity contribution in [2.75, 3.05) is 59.6 Å². The molecule has 2 aliphatic rings. The van der Waals surface area contributed by atoms with E-state index in [9.17, 15) is 5.11 Å². The number of rotatable bonds is 7. The van der Waals surface area contributed by atoms with Crippen LogP contribution in [-0.4, -0.2) is 75.6 Å². The summed E-state index contributed by atoms with van der Waals surface area (Å²) in [5, 5.41) is 16.1. The molecule has 0 aliphatic carbocycles. The fourth-order valence-corrected chi connectivity index (χ4v) is 3.50. The summed E-state index contributed by atoms with van der Waals surface area (Å²) in [4.78, 5) is 6.86. The Morgan fingerprint density at radius 3 is 2.54 bits per heavy atom. The zero-order chi connectivity index (χ0) is 16.4. The van der Waals surface area contributed by atoms with E-state index in [0.717, 1.165) is 51.6 Å². The largest absolute Gasteiger partial charge is 0.396 e. The number of aliphatic imine (C=N–C) groups is 1. The van der Waals surface area contributed by atoms with Crippen LogP contribution in [0.5, 0.6) is 0 Å². The molecule has 6 nitrogen and oxygen atoms in total. The average molecular weight is 454 g/mol. The van der Waals surface area contributed by atoms with Gasteiger partial charge in [-0.1, -0.05) is 12.8 Å². The first-order valence-corrected chi connectivity index (χ1v) is 9.13. The van der Waals surface area contributed by atoms with Crippen LogP contribution >= 0.6 is 24.0 Å². The molecule has 7 heteroatoms. The van der Waals surface area contributed by atoms with Crippen molar-refractivity contribution in [3.05, 3.63) is 0 Å². The number of halogens is 1. The minimum absolute atomic E-state index is 0. The maximum atomic E-state index is 9.29. The summed E-state index contributed by atoms with van der Waals surface area (Å²) in [6, 6.07) is 0. The lowest BCUT2D eigenvalue weighted by molar-refractivity contribution is 0.127. The van der Waals surface area contributed by atoms with E-state index in [1.807, 2.05) is 7.05 Å². The molecular weight excluding hydrogens is 419 g/mol. The van der Waals surface area contributed by atoms with Crippen LogP contribution in [0.3, 0.4) is 0 Å². The number of ether oxygens (including phenoxy) is 1. The maximum Gasteiger partial charge on any atom is 0.191 e. The predicted molar refractivity (Wildman–Crippen MR) is 109 cm³/mol. The van der Waals surface area contributed by atoms with E-state index in [4.69, 9.17) is 4.74 Å². The summed E-state index contributed by atoms with van der Waals surface area (Å²) in [5.74, 6) is 0.851. The van der Waals surface area contributed by atoms with Crippen molar-refractivity contribution >= 4 is 29.9 Å². The SMILES string of the molecule is CN=C(NCCN1CCCCCC1)NCC1(CCO)CCOC1.I. The van der Waals surface area contributed by atoms with E-state index in [2.05, 4.69) is 20.5 Å². The number of nitrogens with zero attached hydrogens (tertiary/aromatic N) is 2.